The van der Waals surface area contributed by atoms with Crippen LogP contribution in [0.3, 0.4) is 0 Å². The molecule has 3 unspecified atom stereocenters. The third kappa shape index (κ3) is 36.8. The molecule has 0 radical (unpaired) electrons. The summed E-state index contributed by atoms with van der Waals surface area (Å²) in [6.07, 6.45) is 45.3. The molecule has 0 aromatic rings. The molecular weight excluding hydrogens is 797 g/mol. The van der Waals surface area contributed by atoms with Gasteiger partial charge in [0.2, 0.25) is 0 Å². The summed E-state index contributed by atoms with van der Waals surface area (Å²) < 4.78 is 38.5. The Balaban J connectivity index is 2.26. The number of epoxide rings is 1. The van der Waals surface area contributed by atoms with Gasteiger partial charge >= 0.3 is 25.7 Å². The quantitative estimate of drug-likeness (QED) is 0.0173. The van der Waals surface area contributed by atoms with Gasteiger partial charge in [-0.3, -0.25) is 23.4 Å². The minimum atomic E-state index is -4.73. The van der Waals surface area contributed by atoms with Crippen LogP contribution >= 0.6 is 7.82 Å². The van der Waals surface area contributed by atoms with Crippen LogP contribution in [0.5, 0.6) is 0 Å². The van der Waals surface area contributed by atoms with Gasteiger partial charge in [0.05, 0.1) is 25.4 Å². The van der Waals surface area contributed by atoms with E-state index >= 15 is 0 Å². The number of aliphatic carboxylic acids is 1. The predicted octanol–water partition coefficient (Wildman–Crippen LogP) is 12.2. The molecule has 0 amide bonds. The maximum Gasteiger partial charge on any atom is 0.472 e. The lowest BCUT2D eigenvalue weighted by atomic mass is 10.0. The molecule has 1 rings (SSSR count). The highest BCUT2D eigenvalue weighted by atomic mass is 31.2. The first-order chi connectivity index (χ1) is 29.6. The summed E-state index contributed by atoms with van der Waals surface area (Å²) in [5, 5.41) is 8.91. The molecule has 1 aliphatic rings. The van der Waals surface area contributed by atoms with Crippen LogP contribution in [0.15, 0.2) is 36.5 Å². The molecule has 0 saturated carbocycles. The number of phosphoric ester groups is 1. The highest BCUT2D eigenvalue weighted by Crippen LogP contribution is 2.43. The standard InChI is InChI=1S/C48H86NO11P/c1-3-5-7-8-9-10-11-12-13-14-15-16-17-18-19-24-27-30-34-38-47(51)59-42(40-57-61(54,55)58-41-43(49)48(52)53)39-56-46(50)37-33-29-26-23-21-20-22-25-28-32-36-45-44(60-45)35-31-6-4-2/h20,22-23,26,28,32,42-45H,3-19,21,24-25,27,29-31,33-41,49H2,1-2H3,(H,52,53)(H,54,55)/b22-20-,26-23-,32-28-/t42-,43+,44?,45?/m1/s1. The lowest BCUT2D eigenvalue weighted by Gasteiger charge is -2.20. The van der Waals surface area contributed by atoms with Gasteiger partial charge in [0.25, 0.3) is 0 Å². The van der Waals surface area contributed by atoms with Gasteiger partial charge in [0.15, 0.2) is 6.10 Å². The first-order valence-corrected chi connectivity index (χ1v) is 25.6. The number of carbonyl (C=O) groups is 3. The Morgan fingerprint density at radius 2 is 1.08 bits per heavy atom. The van der Waals surface area contributed by atoms with Crippen LogP contribution in [0.25, 0.3) is 0 Å². The lowest BCUT2D eigenvalue weighted by Crippen LogP contribution is -2.34. The topological polar surface area (TPSA) is 184 Å². The molecule has 0 spiro atoms. The van der Waals surface area contributed by atoms with Crippen molar-refractivity contribution in [2.24, 2.45) is 5.73 Å². The number of hydrogen-bond acceptors (Lipinski definition) is 10. The zero-order chi connectivity index (χ0) is 44.7. The predicted molar refractivity (Wildman–Crippen MR) is 244 cm³/mol. The molecule has 1 fully saturated rings. The van der Waals surface area contributed by atoms with Crippen LogP contribution in [0, 0.1) is 0 Å². The highest BCUT2D eigenvalue weighted by Gasteiger charge is 2.36. The van der Waals surface area contributed by atoms with Crippen molar-refractivity contribution in [3.05, 3.63) is 36.5 Å². The number of carbonyl (C=O) groups excluding carboxylic acids is 2. The van der Waals surface area contributed by atoms with Gasteiger partial charge in [0.1, 0.15) is 12.6 Å². The third-order valence-corrected chi connectivity index (χ3v) is 11.8. The maximum absolute atomic E-state index is 12.7. The number of unbranched alkanes of at least 4 members (excludes halogenated alkanes) is 21. The number of esters is 2. The summed E-state index contributed by atoms with van der Waals surface area (Å²) in [5.74, 6) is -2.45. The fourth-order valence-corrected chi connectivity index (χ4v) is 7.70. The number of carboxylic acids is 1. The molecule has 0 aliphatic carbocycles. The number of allylic oxidation sites excluding steroid dienone is 5. The van der Waals surface area contributed by atoms with Crippen molar-refractivity contribution in [1.82, 2.24) is 0 Å². The number of hydrogen-bond donors (Lipinski definition) is 3. The van der Waals surface area contributed by atoms with E-state index in [0.717, 1.165) is 38.5 Å². The second-order valence-corrected chi connectivity index (χ2v) is 18.1. The van der Waals surface area contributed by atoms with Gasteiger partial charge in [0, 0.05) is 12.8 Å². The van der Waals surface area contributed by atoms with Crippen LogP contribution in [-0.4, -0.2) is 72.1 Å². The largest absolute Gasteiger partial charge is 0.480 e. The van der Waals surface area contributed by atoms with Crippen molar-refractivity contribution in [3.8, 4) is 0 Å². The summed E-state index contributed by atoms with van der Waals surface area (Å²) in [7, 11) is -4.73. The van der Waals surface area contributed by atoms with Crippen LogP contribution in [0.2, 0.25) is 0 Å². The molecule has 1 heterocycles. The van der Waals surface area contributed by atoms with Crippen molar-refractivity contribution in [3.63, 3.8) is 0 Å². The molecule has 0 bridgehead atoms. The Hall–Kier alpha value is -2.34. The summed E-state index contributed by atoms with van der Waals surface area (Å²) in [6.45, 7) is 2.74. The Kier molecular flexibility index (Phi) is 36.5. The molecular formula is C48H86NO11P. The maximum atomic E-state index is 12.7. The van der Waals surface area contributed by atoms with Crippen LogP contribution in [-0.2, 0) is 42.2 Å². The van der Waals surface area contributed by atoms with Crippen molar-refractivity contribution in [2.75, 3.05) is 19.8 Å². The molecule has 1 saturated heterocycles. The zero-order valence-corrected chi connectivity index (χ0v) is 39.1. The van der Waals surface area contributed by atoms with Gasteiger partial charge < -0.3 is 29.9 Å². The van der Waals surface area contributed by atoms with E-state index in [1.165, 1.54) is 122 Å². The number of phosphoric acid groups is 1. The summed E-state index contributed by atoms with van der Waals surface area (Å²) in [6, 6.07) is -1.53. The SMILES string of the molecule is CCCCCCCCCCCCCCCCCCCCCC(=O)O[C@H](COC(=O)CCC/C=C\C/C=C\C/C=C\CC1OC1CCCCC)COP(=O)(O)OC[C@H](N)C(=O)O. The van der Waals surface area contributed by atoms with E-state index in [0.29, 0.717) is 31.5 Å². The van der Waals surface area contributed by atoms with E-state index in [9.17, 15) is 23.8 Å². The van der Waals surface area contributed by atoms with Crippen molar-refractivity contribution < 1.29 is 52.2 Å². The van der Waals surface area contributed by atoms with Gasteiger partial charge in [-0.2, -0.15) is 0 Å². The molecule has 0 aromatic carbocycles. The minimum absolute atomic E-state index is 0.144. The van der Waals surface area contributed by atoms with Crippen molar-refractivity contribution in [1.29, 1.82) is 0 Å². The fourth-order valence-electron chi connectivity index (χ4n) is 6.92. The van der Waals surface area contributed by atoms with Gasteiger partial charge in [-0.1, -0.05) is 185 Å². The smallest absolute Gasteiger partial charge is 0.472 e. The fraction of sp³-hybridized carbons (Fsp3) is 0.812. The highest BCUT2D eigenvalue weighted by molar-refractivity contribution is 7.47. The molecule has 12 nitrogen and oxygen atoms in total. The number of rotatable bonds is 44. The van der Waals surface area contributed by atoms with Crippen LogP contribution < -0.4 is 5.73 Å². The Morgan fingerprint density at radius 1 is 0.607 bits per heavy atom. The van der Waals surface area contributed by atoms with Gasteiger partial charge in [-0.25, -0.2) is 4.57 Å². The normalized spacial score (nSPS) is 17.2. The molecule has 5 atom stereocenters. The first-order valence-electron chi connectivity index (χ1n) is 24.1. The minimum Gasteiger partial charge on any atom is -0.480 e. The van der Waals surface area contributed by atoms with E-state index in [2.05, 4.69) is 48.8 Å². The second-order valence-electron chi connectivity index (χ2n) is 16.6. The Labute approximate surface area is 369 Å². The average molecular weight is 884 g/mol. The van der Waals surface area contributed by atoms with E-state index in [1.54, 1.807) is 0 Å². The monoisotopic (exact) mass is 884 g/mol. The molecule has 0 aromatic heterocycles. The van der Waals surface area contributed by atoms with E-state index < -0.39 is 51.1 Å². The van der Waals surface area contributed by atoms with Crippen LogP contribution in [0.1, 0.15) is 206 Å². The van der Waals surface area contributed by atoms with Crippen LogP contribution in [0.4, 0.5) is 0 Å². The van der Waals surface area contributed by atoms with E-state index in [1.807, 2.05) is 6.08 Å². The molecule has 13 heteroatoms. The zero-order valence-electron chi connectivity index (χ0n) is 38.2. The van der Waals surface area contributed by atoms with Crippen molar-refractivity contribution in [2.45, 2.75) is 231 Å². The molecule has 1 aliphatic heterocycles. The summed E-state index contributed by atoms with van der Waals surface area (Å²) in [4.78, 5) is 46.1. The van der Waals surface area contributed by atoms with Gasteiger partial charge in [-0.15, -0.1) is 0 Å². The summed E-state index contributed by atoms with van der Waals surface area (Å²) in [5.41, 5.74) is 5.34. The van der Waals surface area contributed by atoms with E-state index in [4.69, 9.17) is 29.6 Å². The second kappa shape index (κ2) is 39.3. The number of carboxylic acid groups (broad SMARTS) is 1. The average Bonchev–Trinajstić information content (AvgIpc) is 3.99. The summed E-state index contributed by atoms with van der Waals surface area (Å²) >= 11 is 0. The van der Waals surface area contributed by atoms with E-state index in [-0.39, 0.29) is 19.4 Å². The Bertz CT molecular complexity index is 1240. The Morgan fingerprint density at radius 3 is 1.64 bits per heavy atom. The number of nitrogens with two attached hydrogens (primary N) is 1. The molecule has 354 valence electrons. The molecule has 61 heavy (non-hydrogen) atoms. The third-order valence-electron chi connectivity index (χ3n) is 10.8. The molecule has 4 N–H and O–H groups in total. The number of ether oxygens (including phenoxy) is 3. The van der Waals surface area contributed by atoms with Gasteiger partial charge in [-0.05, 0) is 44.9 Å². The van der Waals surface area contributed by atoms with Crippen molar-refractivity contribution >= 4 is 25.7 Å². The first kappa shape index (κ1) is 56.7. The lowest BCUT2D eigenvalue weighted by molar-refractivity contribution is -0.161.